The van der Waals surface area contributed by atoms with Crippen LogP contribution in [-0.4, -0.2) is 47.4 Å². The Morgan fingerprint density at radius 1 is 0.444 bits per heavy atom. The maximum absolute atomic E-state index is 12.5. The Labute approximate surface area is 392 Å². The molecule has 0 spiro atoms. The van der Waals surface area contributed by atoms with Crippen LogP contribution in [0.3, 0.4) is 0 Å². The minimum atomic E-state index is -0.698. The van der Waals surface area contributed by atoms with Gasteiger partial charge in [0.2, 0.25) is 5.91 Å². The van der Waals surface area contributed by atoms with E-state index in [1.165, 1.54) is 173 Å². The van der Waals surface area contributed by atoms with E-state index in [1.807, 2.05) is 0 Å². The minimum Gasteiger partial charge on any atom is -0.466 e. The number of hydrogen-bond donors (Lipinski definition) is 3. The highest BCUT2D eigenvalue weighted by Crippen LogP contribution is 2.17. The van der Waals surface area contributed by atoms with Gasteiger partial charge in [-0.25, -0.2) is 0 Å². The molecule has 0 aliphatic carbocycles. The number of unbranched alkanes of at least 4 members (excludes halogenated alkanes) is 34. The molecule has 370 valence electrons. The SMILES string of the molecule is CCCC/C=C\C/C=C\CCCCCCCC(=O)OCCCCCC/C=C\CCCC(=O)NC(CO)C(O)CCCCCCCCCCCCCCCCCCCCCCCCC. The molecule has 3 N–H and O–H groups in total. The van der Waals surface area contributed by atoms with Gasteiger partial charge in [0.1, 0.15) is 0 Å². The van der Waals surface area contributed by atoms with Crippen molar-refractivity contribution in [3.8, 4) is 0 Å². The Kier molecular flexibility index (Phi) is 51.1. The highest BCUT2D eigenvalue weighted by atomic mass is 16.5. The van der Waals surface area contributed by atoms with Crippen molar-refractivity contribution < 1.29 is 24.5 Å². The fraction of sp³-hybridized carbons (Fsp3) is 0.860. The first-order valence-electron chi connectivity index (χ1n) is 27.7. The molecule has 1 amide bonds. The second-order valence-electron chi connectivity index (χ2n) is 18.9. The maximum atomic E-state index is 12.5. The first-order chi connectivity index (χ1) is 31.0. The van der Waals surface area contributed by atoms with E-state index in [9.17, 15) is 19.8 Å². The van der Waals surface area contributed by atoms with Crippen molar-refractivity contribution in [1.82, 2.24) is 5.32 Å². The highest BCUT2D eigenvalue weighted by Gasteiger charge is 2.20. The molecule has 0 aromatic heterocycles. The number of carbonyl (C=O) groups excluding carboxylic acids is 2. The van der Waals surface area contributed by atoms with E-state index in [0.29, 0.717) is 25.9 Å². The van der Waals surface area contributed by atoms with Crippen LogP contribution in [0.15, 0.2) is 36.5 Å². The zero-order chi connectivity index (χ0) is 45.8. The lowest BCUT2D eigenvalue weighted by atomic mass is 10.0. The third-order valence-electron chi connectivity index (χ3n) is 12.7. The van der Waals surface area contributed by atoms with E-state index in [-0.39, 0.29) is 18.5 Å². The summed E-state index contributed by atoms with van der Waals surface area (Å²) in [5.74, 6) is -0.145. The lowest BCUT2D eigenvalue weighted by Gasteiger charge is -2.22. The number of aliphatic hydroxyl groups is 2. The third-order valence-corrected chi connectivity index (χ3v) is 12.7. The first kappa shape index (κ1) is 61.1. The largest absolute Gasteiger partial charge is 0.466 e. The van der Waals surface area contributed by atoms with Crippen LogP contribution in [-0.2, 0) is 14.3 Å². The molecule has 0 heterocycles. The summed E-state index contributed by atoms with van der Waals surface area (Å²) >= 11 is 0. The molecule has 0 saturated carbocycles. The topological polar surface area (TPSA) is 95.9 Å². The Bertz CT molecular complexity index is 1020. The van der Waals surface area contributed by atoms with Crippen LogP contribution in [0.25, 0.3) is 0 Å². The normalized spacial score (nSPS) is 12.9. The molecule has 63 heavy (non-hydrogen) atoms. The van der Waals surface area contributed by atoms with Gasteiger partial charge in [-0.3, -0.25) is 9.59 Å². The van der Waals surface area contributed by atoms with Crippen LogP contribution >= 0.6 is 0 Å². The molecule has 0 rings (SSSR count). The smallest absolute Gasteiger partial charge is 0.305 e. The molecular weight excluding hydrogens is 779 g/mol. The van der Waals surface area contributed by atoms with Crippen molar-refractivity contribution in [2.24, 2.45) is 0 Å². The van der Waals surface area contributed by atoms with Gasteiger partial charge >= 0.3 is 5.97 Å². The quantitative estimate of drug-likeness (QED) is 0.0321. The second-order valence-corrected chi connectivity index (χ2v) is 18.9. The fourth-order valence-electron chi connectivity index (χ4n) is 8.37. The Morgan fingerprint density at radius 2 is 0.825 bits per heavy atom. The molecule has 2 unspecified atom stereocenters. The Balaban J connectivity index is 3.53. The zero-order valence-electron chi connectivity index (χ0n) is 42.1. The molecule has 6 nitrogen and oxygen atoms in total. The lowest BCUT2D eigenvalue weighted by Crippen LogP contribution is -2.45. The molecule has 0 fully saturated rings. The van der Waals surface area contributed by atoms with Gasteiger partial charge in [0.25, 0.3) is 0 Å². The lowest BCUT2D eigenvalue weighted by molar-refractivity contribution is -0.143. The molecule has 0 saturated heterocycles. The average Bonchev–Trinajstić information content (AvgIpc) is 3.28. The molecule has 2 atom stereocenters. The molecule has 0 radical (unpaired) electrons. The standard InChI is InChI=1S/C57H107NO5/c1-3-5-7-9-11-13-15-17-19-20-21-22-23-24-25-26-27-28-30-33-37-41-45-49-55(60)54(53-59)58-56(61)50-46-42-38-34-32-36-40-44-48-52-63-57(62)51-47-43-39-35-31-29-18-16-14-12-10-8-6-4-2/h10,12,16,18,34,38,54-55,59-60H,3-9,11,13-15,17,19-33,35-37,39-53H2,1-2H3,(H,58,61)/b12-10-,18-16-,38-34-. The molecular formula is C57H107NO5. The summed E-state index contributed by atoms with van der Waals surface area (Å²) in [5.41, 5.74) is 0. The van der Waals surface area contributed by atoms with Gasteiger partial charge in [-0.2, -0.15) is 0 Å². The summed E-state index contributed by atoms with van der Waals surface area (Å²) in [6.45, 7) is 4.82. The van der Waals surface area contributed by atoms with E-state index < -0.39 is 12.1 Å². The van der Waals surface area contributed by atoms with Crippen LogP contribution in [0.4, 0.5) is 0 Å². The summed E-state index contributed by atoms with van der Waals surface area (Å²) in [4.78, 5) is 24.5. The number of esters is 1. The van der Waals surface area contributed by atoms with Gasteiger partial charge in [0.15, 0.2) is 0 Å². The number of allylic oxidation sites excluding steroid dienone is 6. The predicted octanol–water partition coefficient (Wildman–Crippen LogP) is 16.9. The van der Waals surface area contributed by atoms with Crippen molar-refractivity contribution in [2.45, 2.75) is 302 Å². The minimum absolute atomic E-state index is 0.0499. The molecule has 0 aromatic rings. The number of ether oxygens (including phenoxy) is 1. The monoisotopic (exact) mass is 886 g/mol. The van der Waals surface area contributed by atoms with Crippen molar-refractivity contribution in [3.05, 3.63) is 36.5 Å². The second kappa shape index (κ2) is 52.7. The molecule has 0 aliphatic heterocycles. The Morgan fingerprint density at radius 3 is 1.30 bits per heavy atom. The van der Waals surface area contributed by atoms with Crippen LogP contribution < -0.4 is 5.32 Å². The van der Waals surface area contributed by atoms with Crippen LogP contribution in [0.5, 0.6) is 0 Å². The Hall–Kier alpha value is -1.92. The third kappa shape index (κ3) is 49.4. The number of amides is 1. The van der Waals surface area contributed by atoms with Crippen LogP contribution in [0.1, 0.15) is 290 Å². The van der Waals surface area contributed by atoms with Gasteiger partial charge in [-0.05, 0) is 70.6 Å². The first-order valence-corrected chi connectivity index (χ1v) is 27.7. The van der Waals surface area contributed by atoms with Gasteiger partial charge in [0, 0.05) is 12.8 Å². The van der Waals surface area contributed by atoms with Crippen molar-refractivity contribution in [3.63, 3.8) is 0 Å². The van der Waals surface area contributed by atoms with Crippen molar-refractivity contribution in [2.75, 3.05) is 13.2 Å². The van der Waals surface area contributed by atoms with E-state index in [0.717, 1.165) is 83.5 Å². The average molecular weight is 886 g/mol. The summed E-state index contributed by atoms with van der Waals surface area (Å²) in [7, 11) is 0. The summed E-state index contributed by atoms with van der Waals surface area (Å²) in [5, 5.41) is 23.3. The maximum Gasteiger partial charge on any atom is 0.305 e. The number of aliphatic hydroxyl groups excluding tert-OH is 2. The number of nitrogens with one attached hydrogen (secondary N) is 1. The summed E-state index contributed by atoms with van der Waals surface area (Å²) in [6, 6.07) is -0.582. The van der Waals surface area contributed by atoms with Crippen LogP contribution in [0.2, 0.25) is 0 Å². The van der Waals surface area contributed by atoms with E-state index in [2.05, 4.69) is 55.6 Å². The molecule has 6 heteroatoms. The van der Waals surface area contributed by atoms with E-state index in [4.69, 9.17) is 4.74 Å². The number of rotatable bonds is 51. The van der Waals surface area contributed by atoms with E-state index in [1.54, 1.807) is 0 Å². The summed E-state index contributed by atoms with van der Waals surface area (Å²) < 4.78 is 5.43. The predicted molar refractivity (Wildman–Crippen MR) is 273 cm³/mol. The highest BCUT2D eigenvalue weighted by molar-refractivity contribution is 5.76. The van der Waals surface area contributed by atoms with Crippen molar-refractivity contribution >= 4 is 11.9 Å². The van der Waals surface area contributed by atoms with Crippen molar-refractivity contribution in [1.29, 1.82) is 0 Å². The summed E-state index contributed by atoms with van der Waals surface area (Å²) in [6.07, 6.45) is 64.2. The van der Waals surface area contributed by atoms with Gasteiger partial charge < -0.3 is 20.3 Å². The molecule has 0 bridgehead atoms. The zero-order valence-corrected chi connectivity index (χ0v) is 42.1. The molecule has 0 aromatic carbocycles. The number of carbonyl (C=O) groups is 2. The van der Waals surface area contributed by atoms with Gasteiger partial charge in [0.05, 0.1) is 25.4 Å². The number of hydrogen-bond acceptors (Lipinski definition) is 5. The van der Waals surface area contributed by atoms with Gasteiger partial charge in [-0.15, -0.1) is 0 Å². The van der Waals surface area contributed by atoms with Gasteiger partial charge in [-0.1, -0.05) is 243 Å². The molecule has 0 aliphatic rings. The fourth-order valence-corrected chi connectivity index (χ4v) is 8.37. The van der Waals surface area contributed by atoms with Crippen LogP contribution in [0, 0.1) is 0 Å². The van der Waals surface area contributed by atoms with E-state index >= 15 is 0 Å².